The van der Waals surface area contributed by atoms with E-state index in [9.17, 15) is 9.90 Å². The fraction of sp³-hybridized carbons (Fsp3) is 0.392. The van der Waals surface area contributed by atoms with E-state index >= 15 is 0 Å². The van der Waals surface area contributed by atoms with Gasteiger partial charge in [0.05, 0.1) is 13.7 Å². The molecule has 6 rings (SSSR count). The molecule has 1 N–H and O–H groups in total. The number of alkyl halides is 1. The minimum Gasteiger partial charge on any atom is -0.466 e. The molecule has 0 aromatic heterocycles. The van der Waals surface area contributed by atoms with E-state index in [-0.39, 0.29) is 128 Å². The zero-order chi connectivity index (χ0) is 44.4. The summed E-state index contributed by atoms with van der Waals surface area (Å²) < 4.78 is 9.12. The van der Waals surface area contributed by atoms with E-state index < -0.39 is 0 Å². The predicted octanol–water partition coefficient (Wildman–Crippen LogP) is 15.1. The second-order valence-corrected chi connectivity index (χ2v) is 17.6. The summed E-state index contributed by atoms with van der Waals surface area (Å²) in [6.07, 6.45) is 8.86. The summed E-state index contributed by atoms with van der Waals surface area (Å²) >= 11 is 23.7. The van der Waals surface area contributed by atoms with Crippen LogP contribution in [0.2, 0.25) is 15.1 Å². The van der Waals surface area contributed by atoms with E-state index in [1.165, 1.54) is 35.8 Å². The number of methoxy groups -OCH3 is 2. The van der Waals surface area contributed by atoms with Crippen molar-refractivity contribution in [1.82, 2.24) is 0 Å². The Labute approximate surface area is 473 Å². The minimum atomic E-state index is -0.285. The molecule has 3 radical (unpaired) electrons. The first kappa shape index (κ1) is 64.8. The third-order valence-corrected chi connectivity index (χ3v) is 11.1. The van der Waals surface area contributed by atoms with Crippen molar-refractivity contribution in [1.29, 1.82) is 0 Å². The molecule has 0 spiro atoms. The monoisotopic (exact) mass is 1150 g/mol. The summed E-state index contributed by atoms with van der Waals surface area (Å²) in [5.74, 6) is 0.328. The first-order valence-corrected chi connectivity index (χ1v) is 21.7. The number of ether oxygens (including phenoxy) is 2. The van der Waals surface area contributed by atoms with Crippen LogP contribution in [0.3, 0.4) is 0 Å². The largest absolute Gasteiger partial charge is 0.466 e. The summed E-state index contributed by atoms with van der Waals surface area (Å²) in [6, 6.07) is 23.1. The molecule has 337 valence electrons. The summed E-state index contributed by atoms with van der Waals surface area (Å²) in [4.78, 5) is 11.9. The van der Waals surface area contributed by atoms with Crippen LogP contribution in [0, 0.1) is 57.8 Å². The molecule has 0 saturated carbocycles. The number of hydrogen-bond donors (Lipinski definition) is 1. The summed E-state index contributed by atoms with van der Waals surface area (Å²) in [5.41, 5.74) is 9.33. The van der Waals surface area contributed by atoms with Crippen molar-refractivity contribution < 1.29 is 119 Å². The first-order chi connectivity index (χ1) is 27.8. The van der Waals surface area contributed by atoms with Crippen molar-refractivity contribution >= 4 is 69.1 Å². The van der Waals surface area contributed by atoms with Crippen molar-refractivity contribution in [3.63, 3.8) is 0 Å². The maximum atomic E-state index is 11.9. The standard InChI is InChI=1S/C16H17ClO2.C15H16Cl2.C15H17ClO.C3H8.C2H6O.3Y.H2/c1-16(2)9-8-13(15(18)19-3)14(10-16)11-4-6-12(17)7-5-11;1-15(2)8-7-12(10-16)14(9-15)11-3-5-13(17)6-4-11;1-15(2)8-7-12(10-17)14(9-15)11-3-5-13(16)6-4-11;2*1-3-2;;;;/h4-7H,1-2,8-10H2,3H3;3-6H,1-2,7-10H2;3-6,17H,1-2,7-10H2;3H2,1-2H3;1-2H3;;;;1H/q3*-2;;;;;;. The predicted molar refractivity (Wildman–Crippen MR) is 257 cm³/mol. The summed E-state index contributed by atoms with van der Waals surface area (Å²) in [7, 11) is 4.66. The second kappa shape index (κ2) is 32.5. The second-order valence-electron chi connectivity index (χ2n) is 16.1. The number of halogens is 4. The van der Waals surface area contributed by atoms with Crippen LogP contribution < -0.4 is 0 Å². The van der Waals surface area contributed by atoms with E-state index in [0.717, 1.165) is 82.8 Å². The fourth-order valence-electron chi connectivity index (χ4n) is 6.93. The van der Waals surface area contributed by atoms with Gasteiger partial charge in [0.1, 0.15) is 0 Å². The molecule has 11 heteroatoms. The van der Waals surface area contributed by atoms with Crippen molar-refractivity contribution in [2.75, 3.05) is 33.8 Å². The molecule has 0 unspecified atom stereocenters. The SMILES string of the molecule is CCC.COC.[CH2-]C1([CH2-])CCC(C(=O)OC)=C(c2ccc(Cl)cc2)C1.[CH2-]C1([CH2-])CCC(CCl)=C(c2ccc(Cl)cc2)C1.[CH2-]C1([CH2-])CCC(CO)=C(c2ccc(Cl)cc2)C1.[HH].[Y].[Y].[Y]. The normalized spacial score (nSPS) is 16.9. The number of carbonyl (C=O) groups is 1. The number of esters is 1. The van der Waals surface area contributed by atoms with Gasteiger partial charge in [0.15, 0.2) is 0 Å². The van der Waals surface area contributed by atoms with Gasteiger partial charge in [-0.05, 0) is 94.6 Å². The van der Waals surface area contributed by atoms with Gasteiger partial charge in [-0.2, -0.15) is 0 Å². The molecule has 0 heterocycles. The van der Waals surface area contributed by atoms with E-state index in [1.807, 2.05) is 72.8 Å². The zero-order valence-corrected chi connectivity index (χ0v) is 49.1. The Kier molecular flexibility index (Phi) is 34.0. The molecule has 0 bridgehead atoms. The van der Waals surface area contributed by atoms with E-state index in [0.29, 0.717) is 23.7 Å². The van der Waals surface area contributed by atoms with Gasteiger partial charge in [-0.3, -0.25) is 16.2 Å². The van der Waals surface area contributed by atoms with Crippen LogP contribution in [0.15, 0.2) is 89.5 Å². The molecular formula is C51H66Cl4O4Y3-6. The number of benzene rings is 3. The van der Waals surface area contributed by atoms with Gasteiger partial charge in [0, 0.05) is 140 Å². The van der Waals surface area contributed by atoms with Gasteiger partial charge >= 0.3 is 5.97 Å². The van der Waals surface area contributed by atoms with Gasteiger partial charge in [0.2, 0.25) is 0 Å². The van der Waals surface area contributed by atoms with Gasteiger partial charge in [0.25, 0.3) is 0 Å². The minimum absolute atomic E-state index is 0. The Morgan fingerprint density at radius 3 is 1.21 bits per heavy atom. The topological polar surface area (TPSA) is 55.8 Å². The molecule has 3 aliphatic carbocycles. The van der Waals surface area contributed by atoms with Crippen LogP contribution in [0.5, 0.6) is 0 Å². The Balaban J connectivity index is -0.000000782. The molecule has 62 heavy (non-hydrogen) atoms. The maximum Gasteiger partial charge on any atom is 0.334 e. The zero-order valence-electron chi connectivity index (χ0n) is 37.6. The number of rotatable bonds is 6. The molecule has 3 aliphatic rings. The van der Waals surface area contributed by atoms with Crippen LogP contribution in [0.1, 0.15) is 96.2 Å². The van der Waals surface area contributed by atoms with Gasteiger partial charge in [-0.15, -0.1) is 11.6 Å². The number of aliphatic hydroxyl groups excluding tert-OH is 1. The molecule has 0 aliphatic heterocycles. The number of aliphatic hydroxyl groups is 1. The van der Waals surface area contributed by atoms with Gasteiger partial charge in [-0.1, -0.05) is 136 Å². The van der Waals surface area contributed by atoms with Gasteiger partial charge < -0.3 is 56.1 Å². The molecule has 3 aromatic rings. The number of carbonyl (C=O) groups excluding carboxylic acids is 1. The number of allylic oxidation sites excluding steroid dienone is 4. The third kappa shape index (κ3) is 22.7. The molecule has 0 saturated heterocycles. The van der Waals surface area contributed by atoms with E-state index in [1.54, 1.807) is 14.2 Å². The smallest absolute Gasteiger partial charge is 0.334 e. The van der Waals surface area contributed by atoms with Crippen LogP contribution in [0.25, 0.3) is 16.7 Å². The molecule has 0 amide bonds. The van der Waals surface area contributed by atoms with E-state index in [2.05, 4.69) is 60.1 Å². The van der Waals surface area contributed by atoms with Crippen molar-refractivity contribution in [2.45, 2.75) is 78.1 Å². The molecular weight excluding hydrogens is 1090 g/mol. The third-order valence-electron chi connectivity index (χ3n) is 10.1. The van der Waals surface area contributed by atoms with Crippen LogP contribution in [-0.4, -0.2) is 44.9 Å². The average molecular weight is 1150 g/mol. The Morgan fingerprint density at radius 1 is 0.597 bits per heavy atom. The first-order valence-electron chi connectivity index (χ1n) is 20.0. The van der Waals surface area contributed by atoms with Crippen LogP contribution in [-0.2, 0) is 112 Å². The molecule has 0 atom stereocenters. The van der Waals surface area contributed by atoms with Crippen LogP contribution in [0.4, 0.5) is 0 Å². The number of hydrogen-bond acceptors (Lipinski definition) is 4. The quantitative estimate of drug-likeness (QED) is 0.152. The Bertz CT molecular complexity index is 1770. The van der Waals surface area contributed by atoms with Crippen molar-refractivity contribution in [3.8, 4) is 0 Å². The van der Waals surface area contributed by atoms with Crippen molar-refractivity contribution in [3.05, 3.63) is 163 Å². The van der Waals surface area contributed by atoms with Gasteiger partial charge in [-0.25, -0.2) is 4.79 Å². The molecule has 0 fully saturated rings. The summed E-state index contributed by atoms with van der Waals surface area (Å²) in [6.45, 7) is 29.2. The Hall–Kier alpha value is 0.742. The maximum absolute atomic E-state index is 11.9. The fourth-order valence-corrected chi connectivity index (χ4v) is 7.61. The summed E-state index contributed by atoms with van der Waals surface area (Å²) in [5, 5.41) is 11.6. The average Bonchev–Trinajstić information content (AvgIpc) is 3.19. The van der Waals surface area contributed by atoms with Crippen LogP contribution >= 0.6 is 46.4 Å². The van der Waals surface area contributed by atoms with E-state index in [4.69, 9.17) is 51.1 Å². The van der Waals surface area contributed by atoms with Crippen molar-refractivity contribution in [2.24, 2.45) is 16.2 Å². The molecule has 3 aromatic carbocycles. The Morgan fingerprint density at radius 2 is 0.887 bits per heavy atom. The molecule has 4 nitrogen and oxygen atoms in total.